The highest BCUT2D eigenvalue weighted by Crippen LogP contribution is 2.14. The molecule has 0 radical (unpaired) electrons. The van der Waals surface area contributed by atoms with Crippen LogP contribution in [0.4, 0.5) is 5.69 Å². The second-order valence-electron chi connectivity index (χ2n) is 6.14. The summed E-state index contributed by atoms with van der Waals surface area (Å²) in [6.07, 6.45) is 0. The predicted octanol–water partition coefficient (Wildman–Crippen LogP) is 3.66. The minimum Gasteiger partial charge on any atom is -0.325 e. The molecule has 1 N–H and O–H groups in total. The average molecular weight is 324 g/mol. The number of likely N-dealkylation sites (N-methyl/N-ethyl adjacent to an activating group) is 1. The Balaban J connectivity index is 1.98. The molecule has 2 aromatic carbocycles. The third kappa shape index (κ3) is 4.52. The first-order valence-electron chi connectivity index (χ1n) is 8.05. The first-order chi connectivity index (χ1) is 11.4. The van der Waals surface area contributed by atoms with Gasteiger partial charge in [0.15, 0.2) is 5.78 Å². The first kappa shape index (κ1) is 17.9. The predicted molar refractivity (Wildman–Crippen MR) is 97.2 cm³/mol. The number of aryl methyl sites for hydroxylation is 1. The fourth-order valence-corrected chi connectivity index (χ4v) is 2.43. The van der Waals surface area contributed by atoms with E-state index in [4.69, 9.17) is 0 Å². The third-order valence-electron chi connectivity index (χ3n) is 4.28. The van der Waals surface area contributed by atoms with Crippen molar-refractivity contribution in [1.82, 2.24) is 4.90 Å². The van der Waals surface area contributed by atoms with Gasteiger partial charge in [0.2, 0.25) is 5.91 Å². The van der Waals surface area contributed by atoms with Gasteiger partial charge in [-0.3, -0.25) is 14.5 Å². The summed E-state index contributed by atoms with van der Waals surface area (Å²) in [6.45, 7) is 6.20. The minimum absolute atomic E-state index is 0.0132. The van der Waals surface area contributed by atoms with E-state index in [1.807, 2.05) is 31.0 Å². The molecular formula is C20H24N2O2. The van der Waals surface area contributed by atoms with Gasteiger partial charge in [0.1, 0.15) is 0 Å². The van der Waals surface area contributed by atoms with E-state index in [-0.39, 0.29) is 17.7 Å². The van der Waals surface area contributed by atoms with Crippen LogP contribution in [0.2, 0.25) is 0 Å². The summed E-state index contributed by atoms with van der Waals surface area (Å²) in [5.41, 5.74) is 3.76. The lowest BCUT2D eigenvalue weighted by atomic mass is 10.1. The number of Topliss-reactive ketones (excluding diaryl/α,β-unsaturated/α-hetero) is 1. The molecule has 4 heteroatoms. The van der Waals surface area contributed by atoms with Crippen molar-refractivity contribution in [2.24, 2.45) is 0 Å². The molecule has 24 heavy (non-hydrogen) atoms. The largest absolute Gasteiger partial charge is 0.325 e. The molecule has 2 rings (SSSR count). The van der Waals surface area contributed by atoms with Gasteiger partial charge in [0.05, 0.1) is 6.04 Å². The van der Waals surface area contributed by atoms with Crippen molar-refractivity contribution in [1.29, 1.82) is 0 Å². The van der Waals surface area contributed by atoms with Crippen LogP contribution in [0.1, 0.15) is 35.3 Å². The molecule has 0 heterocycles. The van der Waals surface area contributed by atoms with Crippen LogP contribution in [0.15, 0.2) is 48.5 Å². The quantitative estimate of drug-likeness (QED) is 0.825. The van der Waals surface area contributed by atoms with Crippen LogP contribution in [0, 0.1) is 6.92 Å². The highest BCUT2D eigenvalue weighted by atomic mass is 16.2. The Morgan fingerprint density at radius 1 is 1.08 bits per heavy atom. The highest BCUT2D eigenvalue weighted by molar-refractivity contribution is 5.96. The van der Waals surface area contributed by atoms with E-state index in [0.29, 0.717) is 17.8 Å². The van der Waals surface area contributed by atoms with Crippen LogP contribution >= 0.6 is 0 Å². The van der Waals surface area contributed by atoms with Crippen LogP contribution in [0.3, 0.4) is 0 Å². The molecule has 0 fully saturated rings. The molecule has 1 unspecified atom stereocenters. The Bertz CT molecular complexity index is 723. The maximum atomic E-state index is 12.4. The summed E-state index contributed by atoms with van der Waals surface area (Å²) in [5.74, 6) is -0.0548. The molecule has 0 bridgehead atoms. The van der Waals surface area contributed by atoms with Gasteiger partial charge < -0.3 is 5.32 Å². The number of benzene rings is 2. The van der Waals surface area contributed by atoms with Gasteiger partial charge >= 0.3 is 0 Å². The summed E-state index contributed by atoms with van der Waals surface area (Å²) in [7, 11) is 1.94. The lowest BCUT2D eigenvalue weighted by Gasteiger charge is -2.24. The van der Waals surface area contributed by atoms with Crippen molar-refractivity contribution in [2.75, 3.05) is 12.4 Å². The molecule has 0 aromatic heterocycles. The number of rotatable bonds is 6. The van der Waals surface area contributed by atoms with Gasteiger partial charge in [-0.15, -0.1) is 0 Å². The van der Waals surface area contributed by atoms with E-state index < -0.39 is 0 Å². The van der Waals surface area contributed by atoms with Crippen molar-refractivity contribution < 1.29 is 9.59 Å². The Labute approximate surface area is 143 Å². The van der Waals surface area contributed by atoms with Gasteiger partial charge in [-0.25, -0.2) is 0 Å². The van der Waals surface area contributed by atoms with E-state index >= 15 is 0 Å². The summed E-state index contributed by atoms with van der Waals surface area (Å²) < 4.78 is 0. The highest BCUT2D eigenvalue weighted by Gasteiger charge is 2.18. The van der Waals surface area contributed by atoms with Crippen molar-refractivity contribution in [3.05, 3.63) is 65.2 Å². The second-order valence-corrected chi connectivity index (χ2v) is 6.14. The molecule has 0 spiro atoms. The molecule has 126 valence electrons. The van der Waals surface area contributed by atoms with Crippen molar-refractivity contribution in [3.63, 3.8) is 0 Å². The number of ketones is 1. The normalized spacial score (nSPS) is 12.0. The fraction of sp³-hybridized carbons (Fsp3) is 0.300. The number of amides is 1. The number of hydrogen-bond acceptors (Lipinski definition) is 3. The number of carbonyl (C=O) groups excluding carboxylic acids is 2. The summed E-state index contributed by atoms with van der Waals surface area (Å²) in [6, 6.07) is 14.9. The van der Waals surface area contributed by atoms with Gasteiger partial charge in [0.25, 0.3) is 0 Å². The van der Waals surface area contributed by atoms with E-state index in [2.05, 4.69) is 24.4 Å². The SMILES string of the molecule is CC(=O)c1ccc(NC(=O)C(C)N(C)Cc2ccccc2C)cc1. The lowest BCUT2D eigenvalue weighted by molar-refractivity contribution is -0.120. The molecular weight excluding hydrogens is 300 g/mol. The van der Waals surface area contributed by atoms with E-state index in [1.165, 1.54) is 18.1 Å². The van der Waals surface area contributed by atoms with Crippen molar-refractivity contribution in [2.45, 2.75) is 33.4 Å². The summed E-state index contributed by atoms with van der Waals surface area (Å²) >= 11 is 0. The monoisotopic (exact) mass is 324 g/mol. The van der Waals surface area contributed by atoms with Crippen LogP contribution < -0.4 is 5.32 Å². The van der Waals surface area contributed by atoms with Gasteiger partial charge in [-0.1, -0.05) is 24.3 Å². The standard InChI is InChI=1S/C20H24N2O2/c1-14-7-5-6-8-18(14)13-22(4)15(2)20(24)21-19-11-9-17(10-12-19)16(3)23/h5-12,15H,13H2,1-4H3,(H,21,24). The summed E-state index contributed by atoms with van der Waals surface area (Å²) in [4.78, 5) is 25.7. The van der Waals surface area contributed by atoms with Gasteiger partial charge in [-0.05, 0) is 63.2 Å². The van der Waals surface area contributed by atoms with E-state index in [9.17, 15) is 9.59 Å². The minimum atomic E-state index is -0.267. The van der Waals surface area contributed by atoms with E-state index in [1.54, 1.807) is 24.3 Å². The van der Waals surface area contributed by atoms with Gasteiger partial charge in [-0.2, -0.15) is 0 Å². The Hall–Kier alpha value is -2.46. The zero-order chi connectivity index (χ0) is 17.7. The van der Waals surface area contributed by atoms with Crippen LogP contribution in [0.25, 0.3) is 0 Å². The molecule has 2 aromatic rings. The molecule has 0 aliphatic heterocycles. The zero-order valence-electron chi connectivity index (χ0n) is 14.7. The van der Waals surface area contributed by atoms with Gasteiger partial charge in [0, 0.05) is 17.8 Å². The van der Waals surface area contributed by atoms with Crippen LogP contribution in [-0.2, 0) is 11.3 Å². The number of nitrogens with one attached hydrogen (secondary N) is 1. The maximum absolute atomic E-state index is 12.4. The van der Waals surface area contributed by atoms with Crippen molar-refractivity contribution >= 4 is 17.4 Å². The zero-order valence-corrected chi connectivity index (χ0v) is 14.7. The summed E-state index contributed by atoms with van der Waals surface area (Å²) in [5, 5.41) is 2.90. The molecule has 0 saturated carbocycles. The smallest absolute Gasteiger partial charge is 0.241 e. The van der Waals surface area contributed by atoms with Crippen molar-refractivity contribution in [3.8, 4) is 0 Å². The third-order valence-corrected chi connectivity index (χ3v) is 4.28. The van der Waals surface area contributed by atoms with E-state index in [0.717, 1.165) is 0 Å². The number of anilines is 1. The number of hydrogen-bond donors (Lipinski definition) is 1. The molecule has 1 atom stereocenters. The molecule has 0 aliphatic rings. The molecule has 0 aliphatic carbocycles. The molecule has 0 saturated heterocycles. The Kier molecular flexibility index (Phi) is 5.88. The maximum Gasteiger partial charge on any atom is 0.241 e. The number of carbonyl (C=O) groups is 2. The van der Waals surface area contributed by atoms with Crippen LogP contribution in [0.5, 0.6) is 0 Å². The molecule has 4 nitrogen and oxygen atoms in total. The Morgan fingerprint density at radius 2 is 1.71 bits per heavy atom. The fourth-order valence-electron chi connectivity index (χ4n) is 2.43. The first-order valence-corrected chi connectivity index (χ1v) is 8.05. The second kappa shape index (κ2) is 7.88. The topological polar surface area (TPSA) is 49.4 Å². The van der Waals surface area contributed by atoms with Crippen LogP contribution in [-0.4, -0.2) is 29.7 Å². The average Bonchev–Trinajstić information content (AvgIpc) is 2.56. The Morgan fingerprint density at radius 3 is 2.29 bits per heavy atom. The number of nitrogens with zero attached hydrogens (tertiary/aromatic N) is 1. The lowest BCUT2D eigenvalue weighted by Crippen LogP contribution is -2.39. The molecule has 1 amide bonds.